The zero-order valence-electron chi connectivity index (χ0n) is 25.1. The van der Waals surface area contributed by atoms with Gasteiger partial charge in [0.15, 0.2) is 0 Å². The quantitative estimate of drug-likeness (QED) is 0.196. The average molecular weight is 583 g/mol. The molecule has 45 heavy (non-hydrogen) atoms. The van der Waals surface area contributed by atoms with Gasteiger partial charge in [-0.3, -0.25) is 0 Å². The van der Waals surface area contributed by atoms with Gasteiger partial charge in [-0.1, -0.05) is 78.0 Å². The molecule has 2 heterocycles. The summed E-state index contributed by atoms with van der Waals surface area (Å²) in [5.41, 5.74) is 10.9. The Hall–Kier alpha value is -5.94. The molecule has 0 atom stereocenters. The third-order valence-corrected chi connectivity index (χ3v) is 8.41. The number of anilines is 3. The van der Waals surface area contributed by atoms with Crippen molar-refractivity contribution in [3.8, 4) is 28.5 Å². The fourth-order valence-electron chi connectivity index (χ4n) is 6.27. The van der Waals surface area contributed by atoms with Crippen LogP contribution in [0.1, 0.15) is 11.1 Å². The van der Waals surface area contributed by atoms with Crippen molar-refractivity contribution in [2.45, 2.75) is 13.8 Å². The Morgan fingerprint density at radius 2 is 1.18 bits per heavy atom. The van der Waals surface area contributed by atoms with Gasteiger partial charge in [-0.25, -0.2) is 0 Å². The van der Waals surface area contributed by atoms with Crippen LogP contribution < -0.4 is 4.90 Å². The number of hydrogen-bond acceptors (Lipinski definition) is 4. The Labute approximate surface area is 261 Å². The zero-order chi connectivity index (χ0) is 30.3. The molecule has 0 aliphatic heterocycles. The van der Waals surface area contributed by atoms with E-state index < -0.39 is 0 Å². The molecule has 0 bridgehead atoms. The molecule has 216 valence electrons. The van der Waals surface area contributed by atoms with Crippen LogP contribution in [0.25, 0.3) is 50.3 Å². The molecular formula is C40H30N4O. The number of hydrogen-bond donors (Lipinski definition) is 0. The molecule has 8 rings (SSSR count). The van der Waals surface area contributed by atoms with E-state index in [4.69, 9.17) is 9.51 Å². The molecule has 0 aliphatic rings. The first kappa shape index (κ1) is 26.7. The van der Waals surface area contributed by atoms with Crippen LogP contribution in [0.5, 0.6) is 0 Å². The fourth-order valence-corrected chi connectivity index (χ4v) is 6.27. The van der Waals surface area contributed by atoms with E-state index in [2.05, 4.69) is 144 Å². The standard InChI is InChI=1S/C40H30N4O/c1-27-25-38(28(2)24-34(27)39-41-40(45-42-39)29-14-6-3-7-15-29)44-36-21-13-12-20-33(36)35-26-32(22-23-37(35)44)43(30-16-8-4-9-17-30)31-18-10-5-11-19-31/h3-26H,1-2H3. The second-order valence-corrected chi connectivity index (χ2v) is 11.3. The molecule has 0 N–H and O–H groups in total. The topological polar surface area (TPSA) is 47.1 Å². The second-order valence-electron chi connectivity index (χ2n) is 11.3. The van der Waals surface area contributed by atoms with Gasteiger partial charge in [0.25, 0.3) is 5.89 Å². The molecule has 0 unspecified atom stereocenters. The van der Waals surface area contributed by atoms with Crippen LogP contribution in [0.4, 0.5) is 17.1 Å². The summed E-state index contributed by atoms with van der Waals surface area (Å²) >= 11 is 0. The maximum absolute atomic E-state index is 5.64. The highest BCUT2D eigenvalue weighted by atomic mass is 16.5. The summed E-state index contributed by atoms with van der Waals surface area (Å²) in [6.45, 7) is 4.26. The van der Waals surface area contributed by atoms with Crippen LogP contribution in [0, 0.1) is 13.8 Å². The summed E-state index contributed by atoms with van der Waals surface area (Å²) in [5, 5.41) is 6.75. The van der Waals surface area contributed by atoms with Crippen molar-refractivity contribution in [2.75, 3.05) is 4.90 Å². The van der Waals surface area contributed by atoms with E-state index >= 15 is 0 Å². The molecule has 0 saturated carbocycles. The lowest BCUT2D eigenvalue weighted by molar-refractivity contribution is 0.432. The van der Waals surface area contributed by atoms with E-state index in [9.17, 15) is 0 Å². The highest BCUT2D eigenvalue weighted by Gasteiger charge is 2.20. The highest BCUT2D eigenvalue weighted by molar-refractivity contribution is 6.10. The van der Waals surface area contributed by atoms with Gasteiger partial charge < -0.3 is 14.0 Å². The van der Waals surface area contributed by atoms with Gasteiger partial charge in [0, 0.05) is 44.6 Å². The summed E-state index contributed by atoms with van der Waals surface area (Å²) in [6, 6.07) is 50.8. The Kier molecular flexibility index (Phi) is 6.50. The first-order chi connectivity index (χ1) is 22.2. The average Bonchev–Trinajstić information content (AvgIpc) is 3.71. The molecule has 5 heteroatoms. The summed E-state index contributed by atoms with van der Waals surface area (Å²) < 4.78 is 8.02. The second kappa shape index (κ2) is 11.0. The maximum atomic E-state index is 5.64. The van der Waals surface area contributed by atoms with E-state index in [0.717, 1.165) is 56.0 Å². The molecule has 0 fully saturated rings. The minimum Gasteiger partial charge on any atom is -0.334 e. The molecule has 8 aromatic rings. The summed E-state index contributed by atoms with van der Waals surface area (Å²) in [7, 11) is 0. The van der Waals surface area contributed by atoms with Crippen molar-refractivity contribution < 1.29 is 4.52 Å². The number of para-hydroxylation sites is 3. The van der Waals surface area contributed by atoms with Gasteiger partial charge in [0.05, 0.1) is 11.0 Å². The molecule has 6 aromatic carbocycles. The lowest BCUT2D eigenvalue weighted by atomic mass is 10.0. The first-order valence-corrected chi connectivity index (χ1v) is 15.1. The molecule has 0 radical (unpaired) electrons. The molecular weight excluding hydrogens is 552 g/mol. The van der Waals surface area contributed by atoms with Gasteiger partial charge >= 0.3 is 0 Å². The number of fused-ring (bicyclic) bond motifs is 3. The van der Waals surface area contributed by atoms with Crippen LogP contribution in [0.2, 0.25) is 0 Å². The van der Waals surface area contributed by atoms with Crippen LogP contribution in [0.3, 0.4) is 0 Å². The first-order valence-electron chi connectivity index (χ1n) is 15.1. The molecule has 0 aliphatic carbocycles. The third kappa shape index (κ3) is 4.66. The van der Waals surface area contributed by atoms with Gasteiger partial charge in [0.1, 0.15) is 0 Å². The Morgan fingerprint density at radius 1 is 0.556 bits per heavy atom. The number of rotatable bonds is 6. The van der Waals surface area contributed by atoms with Gasteiger partial charge in [-0.2, -0.15) is 4.98 Å². The van der Waals surface area contributed by atoms with Crippen molar-refractivity contribution in [1.29, 1.82) is 0 Å². The largest absolute Gasteiger partial charge is 0.334 e. The zero-order valence-corrected chi connectivity index (χ0v) is 25.1. The van der Waals surface area contributed by atoms with Gasteiger partial charge in [-0.05, 0) is 97.8 Å². The van der Waals surface area contributed by atoms with Crippen molar-refractivity contribution in [3.63, 3.8) is 0 Å². The lowest BCUT2D eigenvalue weighted by Crippen LogP contribution is -2.09. The van der Waals surface area contributed by atoms with Gasteiger partial charge in [0.2, 0.25) is 5.82 Å². The van der Waals surface area contributed by atoms with Crippen LogP contribution in [-0.2, 0) is 0 Å². The van der Waals surface area contributed by atoms with Crippen molar-refractivity contribution in [1.82, 2.24) is 14.7 Å². The maximum Gasteiger partial charge on any atom is 0.258 e. The Balaban J connectivity index is 1.27. The number of benzene rings is 6. The lowest BCUT2D eigenvalue weighted by Gasteiger charge is -2.25. The van der Waals surface area contributed by atoms with Crippen LogP contribution in [-0.4, -0.2) is 14.7 Å². The Bertz CT molecular complexity index is 2250. The fraction of sp³-hybridized carbons (Fsp3) is 0.0500. The summed E-state index contributed by atoms with van der Waals surface area (Å²) in [6.07, 6.45) is 0. The molecule has 2 aromatic heterocycles. The summed E-state index contributed by atoms with van der Waals surface area (Å²) in [4.78, 5) is 7.04. The van der Waals surface area contributed by atoms with Crippen LogP contribution in [0.15, 0.2) is 150 Å². The van der Waals surface area contributed by atoms with Crippen molar-refractivity contribution in [3.05, 3.63) is 157 Å². The number of aromatic nitrogens is 3. The monoisotopic (exact) mass is 582 g/mol. The third-order valence-electron chi connectivity index (χ3n) is 8.41. The van der Waals surface area contributed by atoms with E-state index in [1.165, 1.54) is 10.8 Å². The summed E-state index contributed by atoms with van der Waals surface area (Å²) in [5.74, 6) is 1.11. The van der Waals surface area contributed by atoms with Crippen LogP contribution >= 0.6 is 0 Å². The molecule has 0 spiro atoms. The predicted octanol–water partition coefficient (Wildman–Crippen LogP) is 10.6. The minimum atomic E-state index is 0.519. The van der Waals surface area contributed by atoms with Gasteiger partial charge in [-0.15, -0.1) is 0 Å². The van der Waals surface area contributed by atoms with E-state index in [-0.39, 0.29) is 0 Å². The van der Waals surface area contributed by atoms with Crippen molar-refractivity contribution in [2.24, 2.45) is 0 Å². The normalized spacial score (nSPS) is 11.3. The minimum absolute atomic E-state index is 0.519. The SMILES string of the molecule is Cc1cc(-n2c3ccccc3c3cc(N(c4ccccc4)c4ccccc4)ccc32)c(C)cc1-c1noc(-c2ccccc2)n1. The van der Waals surface area contributed by atoms with E-state index in [1.54, 1.807) is 0 Å². The predicted molar refractivity (Wildman–Crippen MR) is 184 cm³/mol. The van der Waals surface area contributed by atoms with E-state index in [0.29, 0.717) is 11.7 Å². The molecule has 0 saturated heterocycles. The Morgan fingerprint density at radius 3 is 1.89 bits per heavy atom. The highest BCUT2D eigenvalue weighted by Crippen LogP contribution is 2.40. The van der Waals surface area contributed by atoms with E-state index in [1.807, 2.05) is 30.3 Å². The smallest absolute Gasteiger partial charge is 0.258 e. The molecule has 0 amide bonds. The number of aryl methyl sites for hydroxylation is 2. The molecule has 5 nitrogen and oxygen atoms in total. The number of nitrogens with zero attached hydrogens (tertiary/aromatic N) is 4. The van der Waals surface area contributed by atoms with Crippen molar-refractivity contribution >= 4 is 38.9 Å².